The first-order chi connectivity index (χ1) is 10.7. The van der Waals surface area contributed by atoms with E-state index in [4.69, 9.17) is 9.47 Å². The van der Waals surface area contributed by atoms with E-state index in [1.165, 1.54) is 11.8 Å². The molecule has 1 aromatic heterocycles. The Morgan fingerprint density at radius 3 is 2.68 bits per heavy atom. The lowest BCUT2D eigenvalue weighted by Gasteiger charge is -2.10. The summed E-state index contributed by atoms with van der Waals surface area (Å²) in [6.45, 7) is 0.446. The third-order valence-electron chi connectivity index (χ3n) is 2.93. The van der Waals surface area contributed by atoms with Gasteiger partial charge in [0.25, 0.3) is 0 Å². The minimum atomic E-state index is -0.0366. The van der Waals surface area contributed by atoms with Gasteiger partial charge in [-0.2, -0.15) is 0 Å². The van der Waals surface area contributed by atoms with Crippen molar-refractivity contribution in [3.05, 3.63) is 48.2 Å². The summed E-state index contributed by atoms with van der Waals surface area (Å²) in [7, 11) is 3.18. The van der Waals surface area contributed by atoms with Gasteiger partial charge in [0.15, 0.2) is 11.5 Å². The van der Waals surface area contributed by atoms with E-state index >= 15 is 0 Å². The second kappa shape index (κ2) is 8.29. The van der Waals surface area contributed by atoms with E-state index in [9.17, 15) is 4.79 Å². The van der Waals surface area contributed by atoms with E-state index in [0.29, 0.717) is 23.8 Å². The maximum Gasteiger partial charge on any atom is 0.230 e. The molecule has 1 aromatic carbocycles. The van der Waals surface area contributed by atoms with Crippen LogP contribution in [0, 0.1) is 0 Å². The van der Waals surface area contributed by atoms with Gasteiger partial charge in [-0.05, 0) is 29.8 Å². The first kappa shape index (κ1) is 16.2. The molecule has 2 rings (SSSR count). The van der Waals surface area contributed by atoms with Crippen LogP contribution in [0.3, 0.4) is 0 Å². The maximum atomic E-state index is 11.9. The molecule has 5 nitrogen and oxygen atoms in total. The fourth-order valence-corrected chi connectivity index (χ4v) is 2.51. The van der Waals surface area contributed by atoms with Gasteiger partial charge in [-0.1, -0.05) is 23.9 Å². The number of carbonyl (C=O) groups is 1. The zero-order valence-corrected chi connectivity index (χ0v) is 13.4. The summed E-state index contributed by atoms with van der Waals surface area (Å²) in [5, 5.41) is 3.71. The van der Waals surface area contributed by atoms with E-state index in [1.54, 1.807) is 20.4 Å². The third-order valence-corrected chi connectivity index (χ3v) is 3.87. The Morgan fingerprint density at radius 2 is 2.00 bits per heavy atom. The van der Waals surface area contributed by atoms with E-state index < -0.39 is 0 Å². The van der Waals surface area contributed by atoms with Crippen molar-refractivity contribution in [1.29, 1.82) is 0 Å². The van der Waals surface area contributed by atoms with E-state index in [0.717, 1.165) is 10.6 Å². The molecule has 0 unspecified atom stereocenters. The van der Waals surface area contributed by atoms with Crippen molar-refractivity contribution in [2.24, 2.45) is 0 Å². The molecular formula is C16H18N2O3S. The quantitative estimate of drug-likeness (QED) is 0.795. The van der Waals surface area contributed by atoms with Crippen LogP contribution in [0.5, 0.6) is 11.5 Å². The number of methoxy groups -OCH3 is 2. The van der Waals surface area contributed by atoms with Crippen molar-refractivity contribution >= 4 is 17.7 Å². The van der Waals surface area contributed by atoms with Crippen molar-refractivity contribution < 1.29 is 14.3 Å². The van der Waals surface area contributed by atoms with Crippen LogP contribution in [0.2, 0.25) is 0 Å². The number of nitrogens with one attached hydrogen (secondary N) is 1. The number of rotatable bonds is 7. The molecule has 0 aliphatic carbocycles. The lowest BCUT2D eigenvalue weighted by molar-refractivity contribution is -0.118. The number of carbonyl (C=O) groups excluding carboxylic acids is 1. The smallest absolute Gasteiger partial charge is 0.230 e. The van der Waals surface area contributed by atoms with Gasteiger partial charge in [-0.3, -0.25) is 4.79 Å². The standard InChI is InChI=1S/C16H18N2O3S/c1-20-13-7-6-12(9-14(13)21-2)10-18-15(19)11-22-16-5-3-4-8-17-16/h3-9H,10-11H2,1-2H3,(H,18,19). The lowest BCUT2D eigenvalue weighted by atomic mass is 10.2. The number of hydrogen-bond donors (Lipinski definition) is 1. The molecule has 0 aliphatic rings. The van der Waals surface area contributed by atoms with Crippen molar-refractivity contribution in [3.8, 4) is 11.5 Å². The normalized spacial score (nSPS) is 10.1. The average Bonchev–Trinajstić information content (AvgIpc) is 2.58. The molecule has 22 heavy (non-hydrogen) atoms. The van der Waals surface area contributed by atoms with E-state index in [1.807, 2.05) is 36.4 Å². The average molecular weight is 318 g/mol. The minimum absolute atomic E-state index is 0.0366. The van der Waals surface area contributed by atoms with Crippen LogP contribution in [0.4, 0.5) is 0 Å². The van der Waals surface area contributed by atoms with Gasteiger partial charge >= 0.3 is 0 Å². The van der Waals surface area contributed by atoms with Gasteiger partial charge in [-0.15, -0.1) is 0 Å². The Hall–Kier alpha value is -2.21. The molecular weight excluding hydrogens is 300 g/mol. The number of hydrogen-bond acceptors (Lipinski definition) is 5. The number of ether oxygens (including phenoxy) is 2. The molecule has 0 spiro atoms. The highest BCUT2D eigenvalue weighted by molar-refractivity contribution is 7.99. The summed E-state index contributed by atoms with van der Waals surface area (Å²) in [6.07, 6.45) is 1.71. The van der Waals surface area contributed by atoms with Crippen molar-refractivity contribution in [2.75, 3.05) is 20.0 Å². The Labute approximate surface area is 134 Å². The molecule has 6 heteroatoms. The fourth-order valence-electron chi connectivity index (χ4n) is 1.81. The van der Waals surface area contributed by atoms with Crippen LogP contribution < -0.4 is 14.8 Å². The number of nitrogens with zero attached hydrogens (tertiary/aromatic N) is 1. The highest BCUT2D eigenvalue weighted by atomic mass is 32.2. The van der Waals surface area contributed by atoms with Crippen LogP contribution in [0.15, 0.2) is 47.6 Å². The first-order valence-corrected chi connectivity index (χ1v) is 7.73. The number of pyridine rings is 1. The van der Waals surface area contributed by atoms with Crippen LogP contribution in [0.1, 0.15) is 5.56 Å². The zero-order chi connectivity index (χ0) is 15.8. The van der Waals surface area contributed by atoms with E-state index in [2.05, 4.69) is 10.3 Å². The molecule has 2 aromatic rings. The molecule has 0 radical (unpaired) electrons. The molecule has 116 valence electrons. The van der Waals surface area contributed by atoms with Gasteiger partial charge < -0.3 is 14.8 Å². The Morgan fingerprint density at radius 1 is 1.18 bits per heavy atom. The van der Waals surface area contributed by atoms with Crippen molar-refractivity contribution in [2.45, 2.75) is 11.6 Å². The first-order valence-electron chi connectivity index (χ1n) is 6.74. The highest BCUT2D eigenvalue weighted by Gasteiger charge is 2.07. The number of benzene rings is 1. The Balaban J connectivity index is 1.83. The summed E-state index contributed by atoms with van der Waals surface area (Å²) in [6, 6.07) is 11.2. The maximum absolute atomic E-state index is 11.9. The predicted molar refractivity (Wildman–Crippen MR) is 86.4 cm³/mol. The molecule has 0 atom stereocenters. The monoisotopic (exact) mass is 318 g/mol. The SMILES string of the molecule is COc1ccc(CNC(=O)CSc2ccccn2)cc1OC. The summed E-state index contributed by atoms with van der Waals surface area (Å²) < 4.78 is 10.4. The molecule has 0 saturated carbocycles. The van der Waals surface area contributed by atoms with Crippen LogP contribution >= 0.6 is 11.8 Å². The Kier molecular flexibility index (Phi) is 6.09. The van der Waals surface area contributed by atoms with E-state index in [-0.39, 0.29) is 5.91 Å². The summed E-state index contributed by atoms with van der Waals surface area (Å²) in [4.78, 5) is 16.0. The van der Waals surface area contributed by atoms with Crippen molar-refractivity contribution in [1.82, 2.24) is 10.3 Å². The van der Waals surface area contributed by atoms with Crippen molar-refractivity contribution in [3.63, 3.8) is 0 Å². The third kappa shape index (κ3) is 4.66. The zero-order valence-electron chi connectivity index (χ0n) is 12.5. The van der Waals surface area contributed by atoms with Gasteiger partial charge in [0.1, 0.15) is 0 Å². The summed E-state index contributed by atoms with van der Waals surface area (Å²) >= 11 is 1.41. The van der Waals surface area contributed by atoms with Crippen LogP contribution in [-0.4, -0.2) is 30.9 Å². The molecule has 0 bridgehead atoms. The van der Waals surface area contributed by atoms with Crippen LogP contribution in [-0.2, 0) is 11.3 Å². The molecule has 1 heterocycles. The largest absolute Gasteiger partial charge is 0.493 e. The second-order valence-corrected chi connectivity index (χ2v) is 5.42. The van der Waals surface area contributed by atoms with Gasteiger partial charge in [0.2, 0.25) is 5.91 Å². The predicted octanol–water partition coefficient (Wildman–Crippen LogP) is 2.51. The molecule has 0 saturated heterocycles. The topological polar surface area (TPSA) is 60.5 Å². The number of aromatic nitrogens is 1. The molecule has 0 fully saturated rings. The highest BCUT2D eigenvalue weighted by Crippen LogP contribution is 2.27. The second-order valence-electron chi connectivity index (χ2n) is 4.42. The van der Waals surface area contributed by atoms with Gasteiger partial charge in [-0.25, -0.2) is 4.98 Å². The van der Waals surface area contributed by atoms with Gasteiger partial charge in [0, 0.05) is 12.7 Å². The summed E-state index contributed by atoms with van der Waals surface area (Å²) in [5.41, 5.74) is 0.953. The minimum Gasteiger partial charge on any atom is -0.493 e. The number of amides is 1. The summed E-state index contributed by atoms with van der Waals surface area (Å²) in [5.74, 6) is 1.62. The van der Waals surface area contributed by atoms with Crippen LogP contribution in [0.25, 0.3) is 0 Å². The molecule has 0 aliphatic heterocycles. The molecule has 1 amide bonds. The van der Waals surface area contributed by atoms with Gasteiger partial charge in [0.05, 0.1) is 25.0 Å². The lowest BCUT2D eigenvalue weighted by Crippen LogP contribution is -2.24. The number of thioether (sulfide) groups is 1. The fraction of sp³-hybridized carbons (Fsp3) is 0.250. The molecule has 1 N–H and O–H groups in total. The Bertz CT molecular complexity index is 620.